The highest BCUT2D eigenvalue weighted by Gasteiger charge is 2.20. The Balaban J connectivity index is 1.54. The number of nitrogens with one attached hydrogen (secondary N) is 1. The minimum atomic E-state index is 0.408. The Hall–Kier alpha value is -2.34. The topological polar surface area (TPSA) is 56.9 Å². The molecule has 1 fully saturated rings. The van der Waals surface area contributed by atoms with Crippen LogP contribution < -0.4 is 5.32 Å². The molecule has 2 aromatic rings. The van der Waals surface area contributed by atoms with Crippen LogP contribution in [-0.4, -0.2) is 60.2 Å². The maximum atomic E-state index is 5.18. The van der Waals surface area contributed by atoms with Gasteiger partial charge < -0.3 is 14.7 Å². The van der Waals surface area contributed by atoms with E-state index in [2.05, 4.69) is 65.3 Å². The lowest BCUT2D eigenvalue weighted by molar-refractivity contribution is 0.169. The third-order valence-electron chi connectivity index (χ3n) is 5.23. The van der Waals surface area contributed by atoms with Gasteiger partial charge in [-0.15, -0.1) is 0 Å². The zero-order chi connectivity index (χ0) is 19.9. The molecule has 0 saturated carbocycles. The normalized spacial score (nSPS) is 17.0. The van der Waals surface area contributed by atoms with Crippen LogP contribution in [0.1, 0.15) is 42.3 Å². The Bertz CT molecular complexity index is 759. The van der Waals surface area contributed by atoms with Gasteiger partial charge in [0.05, 0.1) is 5.69 Å². The van der Waals surface area contributed by atoms with E-state index >= 15 is 0 Å². The lowest BCUT2D eigenvalue weighted by Gasteiger charge is -2.36. The number of aryl methyl sites for hydroxylation is 2. The number of benzene rings is 1. The van der Waals surface area contributed by atoms with Crippen LogP contribution in [0, 0.1) is 13.8 Å². The average Bonchev–Trinajstić information content (AvgIpc) is 3.11. The van der Waals surface area contributed by atoms with Crippen molar-refractivity contribution in [1.29, 1.82) is 0 Å². The number of guanidine groups is 1. The molecule has 0 radical (unpaired) electrons. The smallest absolute Gasteiger partial charge is 0.194 e. The molecule has 1 aromatic carbocycles. The molecule has 3 rings (SSSR count). The first kappa shape index (κ1) is 20.4. The van der Waals surface area contributed by atoms with Gasteiger partial charge >= 0.3 is 0 Å². The summed E-state index contributed by atoms with van der Waals surface area (Å²) in [6.45, 7) is 14.9. The van der Waals surface area contributed by atoms with Crippen molar-refractivity contribution in [3.8, 4) is 0 Å². The summed E-state index contributed by atoms with van der Waals surface area (Å²) in [5, 5.41) is 7.58. The molecular formula is C22H33N5O. The molecule has 1 N–H and O–H groups in total. The molecule has 1 aliphatic rings. The number of rotatable bonds is 6. The van der Waals surface area contributed by atoms with Crippen LogP contribution in [0.3, 0.4) is 0 Å². The van der Waals surface area contributed by atoms with Crippen LogP contribution in [0.15, 0.2) is 39.8 Å². The quantitative estimate of drug-likeness (QED) is 0.613. The van der Waals surface area contributed by atoms with Gasteiger partial charge in [-0.3, -0.25) is 9.89 Å². The molecule has 1 aliphatic heterocycles. The van der Waals surface area contributed by atoms with Crippen molar-refractivity contribution < 1.29 is 4.52 Å². The molecule has 1 atom stereocenters. The molecule has 28 heavy (non-hydrogen) atoms. The molecular weight excluding hydrogens is 350 g/mol. The Labute approximate surface area is 168 Å². The fourth-order valence-corrected chi connectivity index (χ4v) is 3.49. The Kier molecular flexibility index (Phi) is 7.09. The van der Waals surface area contributed by atoms with Gasteiger partial charge in [-0.2, -0.15) is 0 Å². The van der Waals surface area contributed by atoms with Crippen molar-refractivity contribution in [1.82, 2.24) is 20.3 Å². The highest BCUT2D eigenvalue weighted by molar-refractivity contribution is 5.80. The Morgan fingerprint density at radius 3 is 2.50 bits per heavy atom. The van der Waals surface area contributed by atoms with E-state index in [0.717, 1.165) is 63.2 Å². The molecule has 1 unspecified atom stereocenters. The van der Waals surface area contributed by atoms with Gasteiger partial charge in [-0.25, -0.2) is 0 Å². The maximum absolute atomic E-state index is 5.18. The number of hydrogen-bond acceptors (Lipinski definition) is 4. The molecule has 1 saturated heterocycles. The Morgan fingerprint density at radius 2 is 1.89 bits per heavy atom. The summed E-state index contributed by atoms with van der Waals surface area (Å²) < 4.78 is 5.18. The van der Waals surface area contributed by atoms with Crippen molar-refractivity contribution >= 4 is 5.96 Å². The van der Waals surface area contributed by atoms with Gasteiger partial charge in [0.2, 0.25) is 0 Å². The number of nitrogens with zero attached hydrogens (tertiary/aromatic N) is 4. The molecule has 152 valence electrons. The second kappa shape index (κ2) is 9.73. The SMILES string of the molecule is CCNC(=NCC(C)c1ccc(C)cc1)N1CCN(Cc2cc(C)on2)CC1. The second-order valence-corrected chi connectivity index (χ2v) is 7.70. The zero-order valence-electron chi connectivity index (χ0n) is 17.6. The largest absolute Gasteiger partial charge is 0.361 e. The average molecular weight is 384 g/mol. The van der Waals surface area contributed by atoms with Crippen LogP contribution in [-0.2, 0) is 6.54 Å². The van der Waals surface area contributed by atoms with E-state index < -0.39 is 0 Å². The van der Waals surface area contributed by atoms with E-state index in [1.807, 2.05) is 13.0 Å². The van der Waals surface area contributed by atoms with Crippen molar-refractivity contribution in [2.75, 3.05) is 39.3 Å². The van der Waals surface area contributed by atoms with E-state index in [-0.39, 0.29) is 0 Å². The first-order chi connectivity index (χ1) is 13.5. The molecule has 2 heterocycles. The van der Waals surface area contributed by atoms with Crippen LogP contribution in [0.5, 0.6) is 0 Å². The minimum Gasteiger partial charge on any atom is -0.361 e. The fraction of sp³-hybridized carbons (Fsp3) is 0.545. The molecule has 0 amide bonds. The van der Waals surface area contributed by atoms with Gasteiger partial charge in [0.1, 0.15) is 5.76 Å². The van der Waals surface area contributed by atoms with Crippen molar-refractivity contribution in [3.63, 3.8) is 0 Å². The third kappa shape index (κ3) is 5.58. The number of aromatic nitrogens is 1. The molecule has 6 nitrogen and oxygen atoms in total. The minimum absolute atomic E-state index is 0.408. The zero-order valence-corrected chi connectivity index (χ0v) is 17.6. The summed E-state index contributed by atoms with van der Waals surface area (Å²) in [5.41, 5.74) is 3.66. The van der Waals surface area contributed by atoms with Gasteiger partial charge in [0, 0.05) is 57.8 Å². The third-order valence-corrected chi connectivity index (χ3v) is 5.23. The summed E-state index contributed by atoms with van der Waals surface area (Å²) in [7, 11) is 0. The van der Waals surface area contributed by atoms with E-state index in [4.69, 9.17) is 9.52 Å². The van der Waals surface area contributed by atoms with Crippen molar-refractivity contribution in [3.05, 3.63) is 52.9 Å². The standard InChI is InChI=1S/C22H33N5O/c1-5-23-22(24-15-18(3)20-8-6-17(2)7-9-20)27-12-10-26(11-13-27)16-21-14-19(4)28-25-21/h6-9,14,18H,5,10-13,15-16H2,1-4H3,(H,23,24). The molecule has 0 bridgehead atoms. The van der Waals surface area contributed by atoms with Crippen LogP contribution in [0.25, 0.3) is 0 Å². The number of hydrogen-bond donors (Lipinski definition) is 1. The van der Waals surface area contributed by atoms with Crippen molar-refractivity contribution in [2.24, 2.45) is 4.99 Å². The van der Waals surface area contributed by atoms with Gasteiger partial charge in [-0.05, 0) is 26.3 Å². The van der Waals surface area contributed by atoms with E-state index in [0.29, 0.717) is 5.92 Å². The summed E-state index contributed by atoms with van der Waals surface area (Å²) >= 11 is 0. The van der Waals surface area contributed by atoms with Crippen LogP contribution >= 0.6 is 0 Å². The van der Waals surface area contributed by atoms with E-state index in [1.54, 1.807) is 0 Å². The first-order valence-corrected chi connectivity index (χ1v) is 10.3. The van der Waals surface area contributed by atoms with Gasteiger partial charge in [-0.1, -0.05) is 41.9 Å². The van der Waals surface area contributed by atoms with Gasteiger partial charge in [0.25, 0.3) is 0 Å². The van der Waals surface area contributed by atoms with Crippen molar-refractivity contribution in [2.45, 2.75) is 40.2 Å². The predicted octanol–water partition coefficient (Wildman–Crippen LogP) is 3.18. The van der Waals surface area contributed by atoms with E-state index in [9.17, 15) is 0 Å². The maximum Gasteiger partial charge on any atom is 0.194 e. The monoisotopic (exact) mass is 383 g/mol. The summed E-state index contributed by atoms with van der Waals surface area (Å²) in [4.78, 5) is 9.73. The van der Waals surface area contributed by atoms with Gasteiger partial charge in [0.15, 0.2) is 5.96 Å². The lowest BCUT2D eigenvalue weighted by Crippen LogP contribution is -2.52. The molecule has 0 spiro atoms. The summed E-state index contributed by atoms with van der Waals surface area (Å²) in [6, 6.07) is 10.8. The molecule has 1 aromatic heterocycles. The first-order valence-electron chi connectivity index (χ1n) is 10.3. The molecule has 6 heteroatoms. The number of piperazine rings is 1. The van der Waals surface area contributed by atoms with Crippen LogP contribution in [0.4, 0.5) is 0 Å². The predicted molar refractivity (Wildman–Crippen MR) is 114 cm³/mol. The fourth-order valence-electron chi connectivity index (χ4n) is 3.49. The summed E-state index contributed by atoms with van der Waals surface area (Å²) in [5.74, 6) is 2.31. The highest BCUT2D eigenvalue weighted by Crippen LogP contribution is 2.16. The van der Waals surface area contributed by atoms with Crippen LogP contribution in [0.2, 0.25) is 0 Å². The second-order valence-electron chi connectivity index (χ2n) is 7.70. The summed E-state index contributed by atoms with van der Waals surface area (Å²) in [6.07, 6.45) is 0. The highest BCUT2D eigenvalue weighted by atomic mass is 16.5. The Morgan fingerprint density at radius 1 is 1.18 bits per heavy atom. The molecule has 0 aliphatic carbocycles. The van der Waals surface area contributed by atoms with E-state index in [1.165, 1.54) is 11.1 Å². The lowest BCUT2D eigenvalue weighted by atomic mass is 10.0. The number of aliphatic imine (C=N–C) groups is 1.